The molecule has 0 amide bonds. The van der Waals surface area contributed by atoms with E-state index in [4.69, 9.17) is 9.84 Å². The Hall–Kier alpha value is -2.55. The second kappa shape index (κ2) is 7.94. The van der Waals surface area contributed by atoms with Crippen LogP contribution in [-0.2, 0) is 27.8 Å². The third kappa shape index (κ3) is 4.03. The maximum Gasteiger partial charge on any atom is 0.240 e. The molecule has 3 aromatic rings. The van der Waals surface area contributed by atoms with Gasteiger partial charge in [-0.2, -0.15) is 5.10 Å². The summed E-state index contributed by atoms with van der Waals surface area (Å²) in [5, 5.41) is 4.79. The Bertz CT molecular complexity index is 1150. The van der Waals surface area contributed by atoms with E-state index >= 15 is 0 Å². The molecule has 158 valence electrons. The molecule has 1 N–H and O–H groups in total. The van der Waals surface area contributed by atoms with Crippen molar-refractivity contribution >= 4 is 10.0 Å². The van der Waals surface area contributed by atoms with Crippen molar-refractivity contribution in [3.8, 4) is 16.9 Å². The second-order valence-electron chi connectivity index (χ2n) is 7.79. The minimum absolute atomic E-state index is 0.0517. The lowest BCUT2D eigenvalue weighted by Crippen LogP contribution is -2.30. The molecule has 30 heavy (non-hydrogen) atoms. The topological polar surface area (TPSA) is 73.2 Å². The molecule has 0 radical (unpaired) electrons. The number of fused-ring (bicyclic) bond motifs is 1. The normalized spacial score (nSPS) is 16.6. The Kier molecular flexibility index (Phi) is 5.48. The van der Waals surface area contributed by atoms with Gasteiger partial charge in [-0.1, -0.05) is 12.1 Å². The first-order chi connectivity index (χ1) is 14.2. The zero-order valence-corrected chi connectivity index (χ0v) is 17.9. The third-order valence-corrected chi connectivity index (χ3v) is 6.66. The van der Waals surface area contributed by atoms with Gasteiger partial charge in [0.25, 0.3) is 0 Å². The summed E-state index contributed by atoms with van der Waals surface area (Å²) in [6, 6.07) is 12.7. The number of aromatic nitrogens is 2. The van der Waals surface area contributed by atoms with Gasteiger partial charge in [0.2, 0.25) is 10.0 Å². The molecule has 1 aromatic heterocycles. The van der Waals surface area contributed by atoms with Crippen molar-refractivity contribution in [1.82, 2.24) is 14.5 Å². The Morgan fingerprint density at radius 3 is 2.43 bits per heavy atom. The highest BCUT2D eigenvalue weighted by atomic mass is 32.2. The van der Waals surface area contributed by atoms with Gasteiger partial charge in [0.1, 0.15) is 5.82 Å². The largest absolute Gasteiger partial charge is 0.373 e. The van der Waals surface area contributed by atoms with E-state index in [9.17, 15) is 12.8 Å². The number of rotatable bonds is 5. The summed E-state index contributed by atoms with van der Waals surface area (Å²) in [4.78, 5) is 0.205. The van der Waals surface area contributed by atoms with Crippen molar-refractivity contribution in [2.24, 2.45) is 0 Å². The van der Waals surface area contributed by atoms with E-state index in [-0.39, 0.29) is 22.9 Å². The summed E-state index contributed by atoms with van der Waals surface area (Å²) in [6.07, 6.45) is 0.737. The molecule has 1 aliphatic rings. The van der Waals surface area contributed by atoms with E-state index in [2.05, 4.69) is 4.72 Å². The second-order valence-corrected chi connectivity index (χ2v) is 9.50. The molecule has 6 nitrogen and oxygen atoms in total. The van der Waals surface area contributed by atoms with Crippen molar-refractivity contribution in [3.05, 3.63) is 65.6 Å². The summed E-state index contributed by atoms with van der Waals surface area (Å²) in [7, 11) is -3.56. The van der Waals surface area contributed by atoms with Crippen LogP contribution >= 0.6 is 0 Å². The summed E-state index contributed by atoms with van der Waals surface area (Å²) in [5.74, 6) is -0.302. The number of nitrogens with zero attached hydrogens (tertiary/aromatic N) is 2. The zero-order valence-electron chi connectivity index (χ0n) is 17.1. The van der Waals surface area contributed by atoms with Gasteiger partial charge in [-0.05, 0) is 57.2 Å². The molecule has 0 spiro atoms. The Labute approximate surface area is 175 Å². The van der Waals surface area contributed by atoms with Gasteiger partial charge in [-0.15, -0.1) is 0 Å². The van der Waals surface area contributed by atoms with Crippen molar-refractivity contribution in [3.63, 3.8) is 0 Å². The van der Waals surface area contributed by atoms with Crippen LogP contribution in [0.5, 0.6) is 0 Å². The van der Waals surface area contributed by atoms with Gasteiger partial charge in [0.05, 0.1) is 34.7 Å². The summed E-state index contributed by atoms with van der Waals surface area (Å²) in [5.41, 5.74) is 4.30. The van der Waals surface area contributed by atoms with Crippen LogP contribution in [0, 0.1) is 5.82 Å². The lowest BCUT2D eigenvalue weighted by atomic mass is 10.0. The highest BCUT2D eigenvalue weighted by Crippen LogP contribution is 2.33. The van der Waals surface area contributed by atoms with Crippen LogP contribution < -0.4 is 4.72 Å². The van der Waals surface area contributed by atoms with Crippen molar-refractivity contribution in [2.45, 2.75) is 50.8 Å². The molecule has 0 saturated carbocycles. The minimum atomic E-state index is -3.56. The van der Waals surface area contributed by atoms with Crippen LogP contribution in [0.25, 0.3) is 16.9 Å². The average Bonchev–Trinajstić information content (AvgIpc) is 3.06. The van der Waals surface area contributed by atoms with Crippen LogP contribution in [-0.4, -0.2) is 30.3 Å². The standard InChI is InChI=1S/C22H24FN3O3S/c1-14(2)25-30(27,28)19-10-4-16(5-11-19)22-20-13-29-15(3)12-21(20)26(24-22)18-8-6-17(23)7-9-18/h4-11,14-15,25H,12-13H2,1-3H3/t15-/m0/s1. The van der Waals surface area contributed by atoms with E-state index in [0.29, 0.717) is 13.0 Å². The summed E-state index contributed by atoms with van der Waals surface area (Å²) in [6.45, 7) is 5.98. The number of nitrogens with one attached hydrogen (secondary N) is 1. The zero-order chi connectivity index (χ0) is 21.5. The molecule has 1 aliphatic heterocycles. The first kappa shape index (κ1) is 20.7. The Balaban J connectivity index is 1.76. The highest BCUT2D eigenvalue weighted by molar-refractivity contribution is 7.89. The van der Waals surface area contributed by atoms with Crippen molar-refractivity contribution in [2.75, 3.05) is 0 Å². The van der Waals surface area contributed by atoms with Crippen LogP contribution in [0.4, 0.5) is 4.39 Å². The molecular formula is C22H24FN3O3S. The minimum Gasteiger partial charge on any atom is -0.373 e. The molecule has 2 aromatic carbocycles. The first-order valence-electron chi connectivity index (χ1n) is 9.85. The molecule has 0 bridgehead atoms. The number of hydrogen-bond donors (Lipinski definition) is 1. The molecular weight excluding hydrogens is 405 g/mol. The lowest BCUT2D eigenvalue weighted by Gasteiger charge is -2.21. The Morgan fingerprint density at radius 2 is 1.80 bits per heavy atom. The number of sulfonamides is 1. The van der Waals surface area contributed by atoms with Gasteiger partial charge >= 0.3 is 0 Å². The van der Waals surface area contributed by atoms with E-state index in [1.54, 1.807) is 50.2 Å². The molecule has 0 unspecified atom stereocenters. The fourth-order valence-corrected chi connectivity index (χ4v) is 4.85. The highest BCUT2D eigenvalue weighted by Gasteiger charge is 2.26. The molecule has 8 heteroatoms. The quantitative estimate of drug-likeness (QED) is 0.669. The predicted molar refractivity (Wildman–Crippen MR) is 112 cm³/mol. The Morgan fingerprint density at radius 1 is 1.13 bits per heavy atom. The summed E-state index contributed by atoms with van der Waals surface area (Å²) >= 11 is 0. The van der Waals surface area contributed by atoms with Gasteiger partial charge in [0.15, 0.2) is 0 Å². The van der Waals surface area contributed by atoms with E-state index in [0.717, 1.165) is 28.2 Å². The third-order valence-electron chi connectivity index (χ3n) is 4.98. The van der Waals surface area contributed by atoms with Crippen molar-refractivity contribution < 1.29 is 17.5 Å². The van der Waals surface area contributed by atoms with Gasteiger partial charge in [-0.3, -0.25) is 0 Å². The summed E-state index contributed by atoms with van der Waals surface area (Å²) < 4.78 is 48.4. The van der Waals surface area contributed by atoms with E-state index in [1.165, 1.54) is 12.1 Å². The fourth-order valence-electron chi connectivity index (χ4n) is 3.60. The average molecular weight is 430 g/mol. The van der Waals surface area contributed by atoms with Crippen molar-refractivity contribution in [1.29, 1.82) is 0 Å². The van der Waals surface area contributed by atoms with E-state index < -0.39 is 10.0 Å². The molecule has 4 rings (SSSR count). The van der Waals surface area contributed by atoms with Crippen LogP contribution in [0.2, 0.25) is 0 Å². The molecule has 0 saturated heterocycles. The maximum absolute atomic E-state index is 13.4. The lowest BCUT2D eigenvalue weighted by molar-refractivity contribution is 0.0401. The van der Waals surface area contributed by atoms with Crippen LogP contribution in [0.3, 0.4) is 0 Å². The number of hydrogen-bond acceptors (Lipinski definition) is 4. The van der Waals surface area contributed by atoms with E-state index in [1.807, 2.05) is 11.6 Å². The molecule has 0 aliphatic carbocycles. The van der Waals surface area contributed by atoms with Crippen LogP contribution in [0.1, 0.15) is 32.0 Å². The van der Waals surface area contributed by atoms with Gasteiger partial charge < -0.3 is 4.74 Å². The number of ether oxygens (including phenoxy) is 1. The molecule has 1 atom stereocenters. The SMILES string of the molecule is CC(C)NS(=O)(=O)c1ccc(-c2nn(-c3ccc(F)cc3)c3c2CO[C@@H](C)C3)cc1. The van der Waals surface area contributed by atoms with Gasteiger partial charge in [-0.25, -0.2) is 22.2 Å². The predicted octanol–water partition coefficient (Wildman–Crippen LogP) is 3.83. The number of halogens is 1. The maximum atomic E-state index is 13.4. The smallest absolute Gasteiger partial charge is 0.240 e. The monoisotopic (exact) mass is 429 g/mol. The fraction of sp³-hybridized carbons (Fsp3) is 0.318. The van der Waals surface area contributed by atoms with Gasteiger partial charge in [0, 0.05) is 23.6 Å². The number of benzene rings is 2. The molecule has 2 heterocycles. The molecule has 0 fully saturated rings. The van der Waals surface area contributed by atoms with Crippen LogP contribution in [0.15, 0.2) is 53.4 Å². The first-order valence-corrected chi connectivity index (χ1v) is 11.3.